The number of fused-ring (bicyclic) bond motifs is 2. The lowest BCUT2D eigenvalue weighted by molar-refractivity contribution is -0.138. The van der Waals surface area contributed by atoms with E-state index in [-0.39, 0.29) is 31.1 Å². The fraction of sp³-hybridized carbons (Fsp3) is 0.250. The average molecular weight is 383 g/mol. The molecule has 0 spiro atoms. The SMILES string of the molecule is O=C1Nc2ccc(-c3ccccc3F)cc2C(=O)N2CCN(C(=O)CO)CC12. The van der Waals surface area contributed by atoms with E-state index in [1.165, 1.54) is 15.9 Å². The molecule has 2 N–H and O–H groups in total. The zero-order valence-corrected chi connectivity index (χ0v) is 14.9. The van der Waals surface area contributed by atoms with E-state index in [0.29, 0.717) is 16.8 Å². The van der Waals surface area contributed by atoms with Gasteiger partial charge in [0.2, 0.25) is 11.8 Å². The summed E-state index contributed by atoms with van der Waals surface area (Å²) in [5.74, 6) is -1.64. The van der Waals surface area contributed by atoms with E-state index in [4.69, 9.17) is 5.11 Å². The van der Waals surface area contributed by atoms with Gasteiger partial charge in [-0.15, -0.1) is 0 Å². The van der Waals surface area contributed by atoms with Crippen molar-refractivity contribution in [3.63, 3.8) is 0 Å². The molecule has 0 saturated carbocycles. The first-order valence-corrected chi connectivity index (χ1v) is 8.89. The first-order chi connectivity index (χ1) is 13.5. The number of aliphatic hydroxyl groups is 1. The number of benzene rings is 2. The highest BCUT2D eigenvalue weighted by Crippen LogP contribution is 2.31. The lowest BCUT2D eigenvalue weighted by Crippen LogP contribution is -2.59. The number of anilines is 1. The summed E-state index contributed by atoms with van der Waals surface area (Å²) in [7, 11) is 0. The van der Waals surface area contributed by atoms with Gasteiger partial charge in [0.15, 0.2) is 0 Å². The van der Waals surface area contributed by atoms with Gasteiger partial charge in [0.25, 0.3) is 5.91 Å². The number of carbonyl (C=O) groups is 3. The van der Waals surface area contributed by atoms with Crippen LogP contribution in [0, 0.1) is 5.82 Å². The number of hydrogen-bond acceptors (Lipinski definition) is 4. The fourth-order valence-electron chi connectivity index (χ4n) is 3.64. The largest absolute Gasteiger partial charge is 0.387 e. The summed E-state index contributed by atoms with van der Waals surface area (Å²) in [4.78, 5) is 40.3. The summed E-state index contributed by atoms with van der Waals surface area (Å²) >= 11 is 0. The molecule has 7 nitrogen and oxygen atoms in total. The maximum atomic E-state index is 14.1. The van der Waals surface area contributed by atoms with E-state index >= 15 is 0 Å². The van der Waals surface area contributed by atoms with Gasteiger partial charge in [-0.1, -0.05) is 24.3 Å². The molecule has 1 saturated heterocycles. The number of rotatable bonds is 2. The van der Waals surface area contributed by atoms with Gasteiger partial charge in [-0.3, -0.25) is 14.4 Å². The van der Waals surface area contributed by atoms with Gasteiger partial charge in [-0.05, 0) is 23.8 Å². The maximum Gasteiger partial charge on any atom is 0.256 e. The summed E-state index contributed by atoms with van der Waals surface area (Å²) < 4.78 is 14.1. The molecule has 0 radical (unpaired) electrons. The predicted molar refractivity (Wildman–Crippen MR) is 99.0 cm³/mol. The molecule has 2 heterocycles. The number of halogens is 1. The predicted octanol–water partition coefficient (Wildman–Crippen LogP) is 1.09. The Morgan fingerprint density at radius 3 is 2.68 bits per heavy atom. The Hall–Kier alpha value is -3.26. The number of piperazine rings is 1. The number of hydrogen-bond donors (Lipinski definition) is 2. The van der Waals surface area contributed by atoms with Crippen LogP contribution in [0.2, 0.25) is 0 Å². The molecular weight excluding hydrogens is 365 g/mol. The average Bonchev–Trinajstić information content (AvgIpc) is 2.82. The van der Waals surface area contributed by atoms with Gasteiger partial charge < -0.3 is 20.2 Å². The molecule has 0 bridgehead atoms. The lowest BCUT2D eigenvalue weighted by atomic mass is 10.0. The zero-order chi connectivity index (χ0) is 19.8. The van der Waals surface area contributed by atoms with E-state index in [0.717, 1.165) is 0 Å². The lowest BCUT2D eigenvalue weighted by Gasteiger charge is -2.39. The first-order valence-electron chi connectivity index (χ1n) is 8.89. The van der Waals surface area contributed by atoms with Gasteiger partial charge in [-0.2, -0.15) is 0 Å². The van der Waals surface area contributed by atoms with Crippen molar-refractivity contribution in [3.8, 4) is 11.1 Å². The van der Waals surface area contributed by atoms with Crippen molar-refractivity contribution in [3.05, 3.63) is 53.8 Å². The van der Waals surface area contributed by atoms with Crippen molar-refractivity contribution in [2.75, 3.05) is 31.6 Å². The van der Waals surface area contributed by atoms with Crippen molar-refractivity contribution >= 4 is 23.4 Å². The van der Waals surface area contributed by atoms with Gasteiger partial charge >= 0.3 is 0 Å². The molecule has 28 heavy (non-hydrogen) atoms. The van der Waals surface area contributed by atoms with Crippen molar-refractivity contribution in [1.82, 2.24) is 9.80 Å². The summed E-state index contributed by atoms with van der Waals surface area (Å²) in [5.41, 5.74) is 1.53. The van der Waals surface area contributed by atoms with Crippen molar-refractivity contribution in [2.45, 2.75) is 6.04 Å². The molecule has 2 aromatic carbocycles. The second-order valence-corrected chi connectivity index (χ2v) is 6.74. The van der Waals surface area contributed by atoms with Crippen LogP contribution in [0.3, 0.4) is 0 Å². The van der Waals surface area contributed by atoms with Gasteiger partial charge in [-0.25, -0.2) is 4.39 Å². The number of nitrogens with zero attached hydrogens (tertiary/aromatic N) is 2. The van der Waals surface area contributed by atoms with Crippen molar-refractivity contribution in [2.24, 2.45) is 0 Å². The molecule has 0 aromatic heterocycles. The Kier molecular flexibility index (Phi) is 4.56. The third-order valence-corrected chi connectivity index (χ3v) is 5.12. The molecule has 2 aliphatic rings. The highest BCUT2D eigenvalue weighted by molar-refractivity contribution is 6.10. The van der Waals surface area contributed by atoms with Crippen LogP contribution in [0.4, 0.5) is 10.1 Å². The van der Waals surface area contributed by atoms with Gasteiger partial charge in [0.05, 0.1) is 17.8 Å². The second kappa shape index (κ2) is 7.05. The maximum absolute atomic E-state index is 14.1. The molecule has 1 atom stereocenters. The second-order valence-electron chi connectivity index (χ2n) is 6.74. The summed E-state index contributed by atoms with van der Waals surface area (Å²) in [6.45, 7) is -0.219. The Bertz CT molecular complexity index is 978. The first kappa shape index (κ1) is 18.1. The van der Waals surface area contributed by atoms with Crippen LogP contribution in [0.15, 0.2) is 42.5 Å². The zero-order valence-electron chi connectivity index (χ0n) is 14.9. The Labute approximate surface area is 160 Å². The van der Waals surface area contributed by atoms with Crippen molar-refractivity contribution in [1.29, 1.82) is 0 Å². The van der Waals surface area contributed by atoms with Crippen molar-refractivity contribution < 1.29 is 23.9 Å². The topological polar surface area (TPSA) is 90.0 Å². The van der Waals surface area contributed by atoms with E-state index < -0.39 is 30.3 Å². The Morgan fingerprint density at radius 2 is 1.93 bits per heavy atom. The van der Waals surface area contributed by atoms with Crippen LogP contribution < -0.4 is 5.32 Å². The number of aliphatic hydroxyl groups excluding tert-OH is 1. The minimum atomic E-state index is -0.846. The van der Waals surface area contributed by atoms with Crippen LogP contribution >= 0.6 is 0 Å². The van der Waals surface area contributed by atoms with Crippen LogP contribution in [0.1, 0.15) is 10.4 Å². The molecule has 2 aliphatic heterocycles. The number of carbonyl (C=O) groups excluding carboxylic acids is 3. The Morgan fingerprint density at radius 1 is 1.14 bits per heavy atom. The third-order valence-electron chi connectivity index (χ3n) is 5.12. The van der Waals surface area contributed by atoms with Crippen LogP contribution in [-0.2, 0) is 9.59 Å². The van der Waals surface area contributed by atoms with Gasteiger partial charge in [0, 0.05) is 18.7 Å². The van der Waals surface area contributed by atoms with Crippen LogP contribution in [-0.4, -0.2) is 64.9 Å². The number of nitrogens with one attached hydrogen (secondary N) is 1. The van der Waals surface area contributed by atoms with E-state index in [9.17, 15) is 18.8 Å². The summed E-state index contributed by atoms with van der Waals surface area (Å²) in [5, 5.41) is 11.8. The molecule has 144 valence electrons. The molecule has 1 fully saturated rings. The highest BCUT2D eigenvalue weighted by Gasteiger charge is 2.40. The number of amides is 3. The molecule has 3 amide bonds. The third kappa shape index (κ3) is 3.01. The molecule has 1 unspecified atom stereocenters. The Balaban J connectivity index is 1.70. The van der Waals surface area contributed by atoms with Crippen LogP contribution in [0.5, 0.6) is 0 Å². The molecule has 8 heteroatoms. The summed E-state index contributed by atoms with van der Waals surface area (Å²) in [6.07, 6.45) is 0. The fourth-order valence-corrected chi connectivity index (χ4v) is 3.64. The molecular formula is C20H18FN3O4. The minimum Gasteiger partial charge on any atom is -0.387 e. The molecule has 2 aromatic rings. The molecule has 0 aliphatic carbocycles. The highest BCUT2D eigenvalue weighted by atomic mass is 19.1. The molecule has 4 rings (SSSR count). The smallest absolute Gasteiger partial charge is 0.256 e. The standard InChI is InChI=1S/C20H18FN3O4/c21-15-4-2-1-3-13(15)12-5-6-16-14(9-12)20(28)24-8-7-23(18(26)11-25)10-17(24)19(27)22-16/h1-6,9,17,25H,7-8,10-11H2,(H,22,27). The summed E-state index contributed by atoms with van der Waals surface area (Å²) in [6, 6.07) is 10.2. The monoisotopic (exact) mass is 383 g/mol. The minimum absolute atomic E-state index is 0.0190. The van der Waals surface area contributed by atoms with E-state index in [2.05, 4.69) is 5.32 Å². The normalized spacial score (nSPS) is 18.9. The van der Waals surface area contributed by atoms with Crippen LogP contribution in [0.25, 0.3) is 11.1 Å². The van der Waals surface area contributed by atoms with E-state index in [1.807, 2.05) is 0 Å². The van der Waals surface area contributed by atoms with Gasteiger partial charge in [0.1, 0.15) is 18.5 Å². The quantitative estimate of drug-likeness (QED) is 0.813. The van der Waals surface area contributed by atoms with E-state index in [1.54, 1.807) is 36.4 Å².